The first kappa shape index (κ1) is 36.9. The lowest BCUT2D eigenvalue weighted by Crippen LogP contribution is -2.73. The molecule has 12 nitrogen and oxygen atoms in total. The number of nitrogens with zero attached hydrogens (tertiary/aromatic N) is 4. The van der Waals surface area contributed by atoms with Crippen LogP contribution in [-0.2, 0) is 24.3 Å². The maximum Gasteiger partial charge on any atom is 0.246 e. The Balaban J connectivity index is 1.19. The summed E-state index contributed by atoms with van der Waals surface area (Å²) in [5, 5.41) is 10.9. The van der Waals surface area contributed by atoms with E-state index in [-0.39, 0.29) is 22.8 Å². The summed E-state index contributed by atoms with van der Waals surface area (Å²) in [4.78, 5) is 35.0. The number of sulfonamides is 1. The van der Waals surface area contributed by atoms with Gasteiger partial charge in [-0.3, -0.25) is 24.5 Å². The Labute approximate surface area is 298 Å². The number of carbonyl (C=O) groups is 2. The smallest absolute Gasteiger partial charge is 0.246 e. The van der Waals surface area contributed by atoms with Gasteiger partial charge in [0.1, 0.15) is 11.6 Å². The van der Waals surface area contributed by atoms with Crippen molar-refractivity contribution in [3.05, 3.63) is 46.8 Å². The molecule has 1 unspecified atom stereocenters. The number of likely N-dealkylation sites (tertiary alicyclic amines) is 1. The third-order valence-electron chi connectivity index (χ3n) is 11.6. The van der Waals surface area contributed by atoms with Gasteiger partial charge in [-0.25, -0.2) is 13.1 Å². The van der Waals surface area contributed by atoms with E-state index in [0.29, 0.717) is 64.7 Å². The van der Waals surface area contributed by atoms with Gasteiger partial charge in [-0.05, 0) is 63.1 Å². The van der Waals surface area contributed by atoms with Gasteiger partial charge in [0.2, 0.25) is 21.8 Å². The number of benzene rings is 1. The second-order valence-corrected chi connectivity index (χ2v) is 16.6. The van der Waals surface area contributed by atoms with Crippen LogP contribution in [0.15, 0.2) is 29.2 Å². The molecule has 3 aliphatic heterocycles. The SMILES string of the molecule is CCCCN1C(=O)[C@H](CC2CCCCC2)NC(=O)C12CCN(C(c1ccc(S(=O)(=O)NCCN3CCOCC3)cc1)c1c(C)n[nH]c1C)CC2. The van der Waals surface area contributed by atoms with Gasteiger partial charge in [-0.2, -0.15) is 5.10 Å². The monoisotopic (exact) mass is 711 g/mol. The molecule has 4 heterocycles. The molecule has 50 heavy (non-hydrogen) atoms. The number of carbonyl (C=O) groups excluding carboxylic acids is 2. The third kappa shape index (κ3) is 7.96. The zero-order valence-corrected chi connectivity index (χ0v) is 31.0. The first-order chi connectivity index (χ1) is 24.1. The quantitative estimate of drug-likeness (QED) is 0.286. The molecule has 0 radical (unpaired) electrons. The molecular weight excluding hydrogens is 655 g/mol. The minimum absolute atomic E-state index is 0.00318. The van der Waals surface area contributed by atoms with Crippen LogP contribution in [0.1, 0.15) is 99.7 Å². The number of piperazine rings is 1. The van der Waals surface area contributed by atoms with Crippen molar-refractivity contribution in [1.82, 2.24) is 34.9 Å². The molecule has 3 saturated heterocycles. The number of amides is 2. The van der Waals surface area contributed by atoms with Crippen molar-refractivity contribution >= 4 is 21.8 Å². The second kappa shape index (κ2) is 16.2. The molecule has 0 bridgehead atoms. The summed E-state index contributed by atoms with van der Waals surface area (Å²) in [7, 11) is -3.68. The number of unbranched alkanes of at least 4 members (excludes halogenated alkanes) is 1. The van der Waals surface area contributed by atoms with E-state index in [2.05, 4.69) is 37.0 Å². The highest BCUT2D eigenvalue weighted by atomic mass is 32.2. The number of rotatable bonds is 13. The number of hydrogen-bond donors (Lipinski definition) is 3. The van der Waals surface area contributed by atoms with Gasteiger partial charge in [-0.15, -0.1) is 0 Å². The first-order valence-corrected chi connectivity index (χ1v) is 20.4. The first-order valence-electron chi connectivity index (χ1n) is 18.9. The maximum atomic E-state index is 14.1. The summed E-state index contributed by atoms with van der Waals surface area (Å²) >= 11 is 0. The fourth-order valence-electron chi connectivity index (χ4n) is 8.68. The summed E-state index contributed by atoms with van der Waals surface area (Å²) < 4.78 is 34.6. The molecule has 1 saturated carbocycles. The van der Waals surface area contributed by atoms with Gasteiger partial charge in [0, 0.05) is 57.1 Å². The molecule has 2 amide bonds. The number of piperidine rings is 1. The fourth-order valence-corrected chi connectivity index (χ4v) is 9.70. The zero-order valence-electron chi connectivity index (χ0n) is 30.2. The largest absolute Gasteiger partial charge is 0.379 e. The molecule has 4 aliphatic rings. The molecule has 6 rings (SSSR count). The molecule has 2 atom stereocenters. The van der Waals surface area contributed by atoms with Crippen molar-refractivity contribution in [1.29, 1.82) is 0 Å². The van der Waals surface area contributed by atoms with Crippen LogP contribution >= 0.6 is 0 Å². The summed E-state index contributed by atoms with van der Waals surface area (Å²) in [6.07, 6.45) is 9.60. The van der Waals surface area contributed by atoms with Crippen molar-refractivity contribution in [2.75, 3.05) is 59.0 Å². The minimum Gasteiger partial charge on any atom is -0.379 e. The molecule has 1 aliphatic carbocycles. The summed E-state index contributed by atoms with van der Waals surface area (Å²) in [6.45, 7) is 11.9. The zero-order chi connectivity index (χ0) is 35.3. The molecule has 1 aromatic carbocycles. The molecule has 1 spiro atoms. The van der Waals surface area contributed by atoms with E-state index in [9.17, 15) is 18.0 Å². The third-order valence-corrected chi connectivity index (χ3v) is 13.1. The van der Waals surface area contributed by atoms with E-state index in [1.165, 1.54) is 19.3 Å². The molecule has 3 N–H and O–H groups in total. The van der Waals surface area contributed by atoms with E-state index < -0.39 is 21.6 Å². The number of nitrogens with one attached hydrogen (secondary N) is 3. The highest BCUT2D eigenvalue weighted by molar-refractivity contribution is 7.89. The second-order valence-electron chi connectivity index (χ2n) is 14.8. The van der Waals surface area contributed by atoms with Gasteiger partial charge >= 0.3 is 0 Å². The van der Waals surface area contributed by atoms with E-state index in [4.69, 9.17) is 4.74 Å². The lowest BCUT2D eigenvalue weighted by molar-refractivity contribution is -0.162. The van der Waals surface area contributed by atoms with Crippen LogP contribution in [-0.4, -0.2) is 116 Å². The molecule has 276 valence electrons. The predicted octanol–water partition coefficient (Wildman–Crippen LogP) is 3.66. The Morgan fingerprint density at radius 1 is 1.00 bits per heavy atom. The average molecular weight is 712 g/mol. The van der Waals surface area contributed by atoms with Crippen molar-refractivity contribution < 1.29 is 22.7 Å². The van der Waals surface area contributed by atoms with Gasteiger partial charge in [0.05, 0.1) is 29.8 Å². The van der Waals surface area contributed by atoms with Crippen molar-refractivity contribution in [3.63, 3.8) is 0 Å². The Kier molecular flexibility index (Phi) is 12.0. The van der Waals surface area contributed by atoms with Gasteiger partial charge in [0.15, 0.2) is 0 Å². The van der Waals surface area contributed by atoms with Crippen molar-refractivity contribution in [2.24, 2.45) is 5.92 Å². The number of hydrogen-bond acceptors (Lipinski definition) is 8. The number of aromatic nitrogens is 2. The molecule has 2 aromatic rings. The van der Waals surface area contributed by atoms with E-state index >= 15 is 0 Å². The normalized spacial score (nSPS) is 23.3. The van der Waals surface area contributed by atoms with Crippen LogP contribution in [0.25, 0.3) is 0 Å². The van der Waals surface area contributed by atoms with Crippen molar-refractivity contribution in [2.45, 2.75) is 107 Å². The number of H-pyrrole nitrogens is 1. The number of aryl methyl sites for hydroxylation is 2. The van der Waals surface area contributed by atoms with Gasteiger partial charge < -0.3 is 15.0 Å². The van der Waals surface area contributed by atoms with Crippen LogP contribution < -0.4 is 10.0 Å². The van der Waals surface area contributed by atoms with Crippen molar-refractivity contribution in [3.8, 4) is 0 Å². The number of morpholine rings is 1. The molecular formula is C37H57N7O5S. The Bertz CT molecular complexity index is 1540. The Hall–Kier alpha value is -2.84. The summed E-state index contributed by atoms with van der Waals surface area (Å²) in [5.74, 6) is 0.582. The van der Waals surface area contributed by atoms with Crippen LogP contribution in [0, 0.1) is 19.8 Å². The van der Waals surface area contributed by atoms with Crippen LogP contribution in [0.2, 0.25) is 0 Å². The number of ether oxygens (including phenoxy) is 1. The fraction of sp³-hybridized carbons (Fsp3) is 0.703. The molecule has 13 heteroatoms. The van der Waals surface area contributed by atoms with E-state index in [0.717, 1.165) is 67.7 Å². The lowest BCUT2D eigenvalue weighted by atomic mass is 9.78. The highest BCUT2D eigenvalue weighted by Gasteiger charge is 2.54. The maximum absolute atomic E-state index is 14.1. The van der Waals surface area contributed by atoms with E-state index in [1.54, 1.807) is 12.1 Å². The van der Waals surface area contributed by atoms with Crippen LogP contribution in [0.4, 0.5) is 0 Å². The Morgan fingerprint density at radius 2 is 1.70 bits per heavy atom. The molecule has 1 aromatic heterocycles. The standard InChI is InChI=1S/C37H57N7O5S/c1-4-5-18-44-35(45)32(26-29-9-7-6-8-10-29)39-36(46)37(44)15-19-43(20-16-37)34(33-27(2)40-41-28(33)3)30-11-13-31(14-12-30)50(47,48)38-17-21-42-22-24-49-25-23-42/h11-14,29,32,34,38H,4-10,15-26H2,1-3H3,(H,39,46)(H,40,41)/t32-,34?/m0/s1. The topological polar surface area (TPSA) is 140 Å². The predicted molar refractivity (Wildman–Crippen MR) is 192 cm³/mol. The molecule has 4 fully saturated rings. The lowest BCUT2D eigenvalue weighted by Gasteiger charge is -2.53. The average Bonchev–Trinajstić information content (AvgIpc) is 3.46. The summed E-state index contributed by atoms with van der Waals surface area (Å²) in [5.41, 5.74) is 2.99. The van der Waals surface area contributed by atoms with Crippen LogP contribution in [0.5, 0.6) is 0 Å². The Morgan fingerprint density at radius 3 is 2.34 bits per heavy atom. The minimum atomic E-state index is -3.68. The number of aromatic amines is 1. The van der Waals surface area contributed by atoms with Gasteiger partial charge in [0.25, 0.3) is 0 Å². The van der Waals surface area contributed by atoms with E-state index in [1.807, 2.05) is 30.9 Å². The van der Waals surface area contributed by atoms with Crippen LogP contribution in [0.3, 0.4) is 0 Å². The summed E-state index contributed by atoms with van der Waals surface area (Å²) in [6, 6.07) is 6.54. The van der Waals surface area contributed by atoms with Gasteiger partial charge in [-0.1, -0.05) is 57.6 Å². The highest BCUT2D eigenvalue weighted by Crippen LogP contribution is 2.40.